The van der Waals surface area contributed by atoms with E-state index in [-0.39, 0.29) is 11.9 Å². The van der Waals surface area contributed by atoms with Crippen LogP contribution in [-0.4, -0.2) is 16.3 Å². The SMILES string of the molecule is CCCNC(Cc1ccccc1F)c1ccn(C)n1. The molecule has 3 nitrogen and oxygen atoms in total. The molecule has 0 fully saturated rings. The number of aryl methyl sites for hydroxylation is 1. The Bertz CT molecular complexity index is 522. The van der Waals surface area contributed by atoms with Gasteiger partial charge in [0.1, 0.15) is 5.82 Å². The van der Waals surface area contributed by atoms with E-state index < -0.39 is 0 Å². The molecule has 0 spiro atoms. The van der Waals surface area contributed by atoms with Gasteiger partial charge in [0.05, 0.1) is 11.7 Å². The van der Waals surface area contributed by atoms with Crippen LogP contribution in [0.2, 0.25) is 0 Å². The second-order valence-electron chi connectivity index (χ2n) is 4.72. The van der Waals surface area contributed by atoms with Gasteiger partial charge in [-0.05, 0) is 37.1 Å². The summed E-state index contributed by atoms with van der Waals surface area (Å²) in [7, 11) is 1.89. The second-order valence-corrected chi connectivity index (χ2v) is 4.72. The van der Waals surface area contributed by atoms with Crippen molar-refractivity contribution in [1.82, 2.24) is 15.1 Å². The van der Waals surface area contributed by atoms with Gasteiger partial charge in [0.15, 0.2) is 0 Å². The molecule has 4 heteroatoms. The fraction of sp³-hybridized carbons (Fsp3) is 0.400. The minimum Gasteiger partial charge on any atom is -0.308 e. The maximum absolute atomic E-state index is 13.7. The molecule has 19 heavy (non-hydrogen) atoms. The number of halogens is 1. The number of nitrogens with one attached hydrogen (secondary N) is 1. The van der Waals surface area contributed by atoms with Crippen molar-refractivity contribution in [1.29, 1.82) is 0 Å². The molecule has 0 radical (unpaired) electrons. The van der Waals surface area contributed by atoms with Crippen LogP contribution in [0.5, 0.6) is 0 Å². The summed E-state index contributed by atoms with van der Waals surface area (Å²) in [4.78, 5) is 0. The van der Waals surface area contributed by atoms with E-state index in [2.05, 4.69) is 17.3 Å². The van der Waals surface area contributed by atoms with Gasteiger partial charge < -0.3 is 5.32 Å². The van der Waals surface area contributed by atoms with Crippen LogP contribution in [0.4, 0.5) is 4.39 Å². The highest BCUT2D eigenvalue weighted by Gasteiger charge is 2.15. The topological polar surface area (TPSA) is 29.9 Å². The molecular weight excluding hydrogens is 241 g/mol. The maximum Gasteiger partial charge on any atom is 0.126 e. The zero-order chi connectivity index (χ0) is 13.7. The van der Waals surface area contributed by atoms with Crippen LogP contribution in [-0.2, 0) is 13.5 Å². The van der Waals surface area contributed by atoms with Gasteiger partial charge in [-0.1, -0.05) is 25.1 Å². The number of hydrogen-bond acceptors (Lipinski definition) is 2. The molecule has 1 N–H and O–H groups in total. The van der Waals surface area contributed by atoms with Crippen LogP contribution >= 0.6 is 0 Å². The van der Waals surface area contributed by atoms with Crippen molar-refractivity contribution >= 4 is 0 Å². The Morgan fingerprint density at radius 3 is 2.74 bits per heavy atom. The minimum atomic E-state index is -0.151. The molecule has 102 valence electrons. The number of rotatable bonds is 6. The summed E-state index contributed by atoms with van der Waals surface area (Å²) in [6.45, 7) is 3.02. The van der Waals surface area contributed by atoms with Gasteiger partial charge in [0, 0.05) is 13.2 Å². The van der Waals surface area contributed by atoms with Gasteiger partial charge in [-0.25, -0.2) is 4.39 Å². The average Bonchev–Trinajstić information content (AvgIpc) is 2.83. The van der Waals surface area contributed by atoms with Crippen LogP contribution in [0.15, 0.2) is 36.5 Å². The third-order valence-electron chi connectivity index (χ3n) is 3.11. The third-order valence-corrected chi connectivity index (χ3v) is 3.11. The Balaban J connectivity index is 2.16. The lowest BCUT2D eigenvalue weighted by Crippen LogP contribution is -2.25. The number of aromatic nitrogens is 2. The van der Waals surface area contributed by atoms with Crippen molar-refractivity contribution in [3.63, 3.8) is 0 Å². The van der Waals surface area contributed by atoms with Gasteiger partial charge in [-0.2, -0.15) is 5.10 Å². The van der Waals surface area contributed by atoms with Crippen molar-refractivity contribution in [2.45, 2.75) is 25.8 Å². The van der Waals surface area contributed by atoms with Crippen molar-refractivity contribution < 1.29 is 4.39 Å². The summed E-state index contributed by atoms with van der Waals surface area (Å²) >= 11 is 0. The molecule has 0 saturated heterocycles. The molecule has 1 aromatic carbocycles. The standard InChI is InChI=1S/C15H20FN3/c1-3-9-17-15(14-8-10-19(2)18-14)11-12-6-4-5-7-13(12)16/h4-8,10,15,17H,3,9,11H2,1-2H3. The smallest absolute Gasteiger partial charge is 0.126 e. The summed E-state index contributed by atoms with van der Waals surface area (Å²) in [6, 6.07) is 8.96. The molecule has 0 aliphatic rings. The average molecular weight is 261 g/mol. The molecule has 1 aromatic heterocycles. The second kappa shape index (κ2) is 6.48. The Kier molecular flexibility index (Phi) is 4.68. The predicted octanol–water partition coefficient (Wildman–Crippen LogP) is 2.84. The summed E-state index contributed by atoms with van der Waals surface area (Å²) < 4.78 is 15.5. The van der Waals surface area contributed by atoms with Gasteiger partial charge in [-0.3, -0.25) is 4.68 Å². The van der Waals surface area contributed by atoms with Crippen LogP contribution in [0, 0.1) is 5.82 Å². The van der Waals surface area contributed by atoms with E-state index in [1.54, 1.807) is 10.7 Å². The van der Waals surface area contributed by atoms with Crippen LogP contribution < -0.4 is 5.32 Å². The summed E-state index contributed by atoms with van der Waals surface area (Å²) in [6.07, 6.45) is 3.57. The predicted molar refractivity (Wildman–Crippen MR) is 74.3 cm³/mol. The van der Waals surface area contributed by atoms with Crippen LogP contribution in [0.3, 0.4) is 0 Å². The summed E-state index contributed by atoms with van der Waals surface area (Å²) in [5, 5.41) is 7.85. The van der Waals surface area contributed by atoms with Crippen molar-refractivity contribution in [3.05, 3.63) is 53.6 Å². The molecular formula is C15H20FN3. The van der Waals surface area contributed by atoms with Crippen molar-refractivity contribution in [3.8, 4) is 0 Å². The monoisotopic (exact) mass is 261 g/mol. The lowest BCUT2D eigenvalue weighted by molar-refractivity contribution is 0.497. The van der Waals surface area contributed by atoms with E-state index in [1.807, 2.05) is 31.4 Å². The fourth-order valence-electron chi connectivity index (χ4n) is 2.10. The van der Waals surface area contributed by atoms with E-state index in [1.165, 1.54) is 6.07 Å². The maximum atomic E-state index is 13.7. The zero-order valence-electron chi connectivity index (χ0n) is 11.4. The Morgan fingerprint density at radius 1 is 1.32 bits per heavy atom. The fourth-order valence-corrected chi connectivity index (χ4v) is 2.10. The Labute approximate surface area is 113 Å². The van der Waals surface area contributed by atoms with Crippen molar-refractivity contribution in [2.24, 2.45) is 7.05 Å². The summed E-state index contributed by atoms with van der Waals surface area (Å²) in [5.41, 5.74) is 1.68. The van der Waals surface area contributed by atoms with E-state index in [9.17, 15) is 4.39 Å². The molecule has 1 heterocycles. The number of hydrogen-bond donors (Lipinski definition) is 1. The van der Waals surface area contributed by atoms with Gasteiger partial charge >= 0.3 is 0 Å². The van der Waals surface area contributed by atoms with Gasteiger partial charge in [0.2, 0.25) is 0 Å². The Morgan fingerprint density at radius 2 is 2.11 bits per heavy atom. The Hall–Kier alpha value is -1.68. The largest absolute Gasteiger partial charge is 0.308 e. The molecule has 1 unspecified atom stereocenters. The quantitative estimate of drug-likeness (QED) is 0.866. The van der Waals surface area contributed by atoms with Crippen LogP contribution in [0.1, 0.15) is 30.6 Å². The lowest BCUT2D eigenvalue weighted by Gasteiger charge is -2.17. The minimum absolute atomic E-state index is 0.0537. The molecule has 2 rings (SSSR count). The molecule has 0 aliphatic carbocycles. The molecule has 0 bridgehead atoms. The van der Waals surface area contributed by atoms with Gasteiger partial charge in [0.25, 0.3) is 0 Å². The van der Waals surface area contributed by atoms with E-state index >= 15 is 0 Å². The highest BCUT2D eigenvalue weighted by atomic mass is 19.1. The number of nitrogens with zero attached hydrogens (tertiary/aromatic N) is 2. The van der Waals surface area contributed by atoms with E-state index in [0.717, 1.165) is 24.2 Å². The molecule has 0 aliphatic heterocycles. The van der Waals surface area contributed by atoms with Crippen molar-refractivity contribution in [2.75, 3.05) is 6.54 Å². The molecule has 1 atom stereocenters. The molecule has 2 aromatic rings. The highest BCUT2D eigenvalue weighted by Crippen LogP contribution is 2.18. The highest BCUT2D eigenvalue weighted by molar-refractivity contribution is 5.20. The first-order valence-electron chi connectivity index (χ1n) is 6.67. The molecule has 0 saturated carbocycles. The first-order valence-corrected chi connectivity index (χ1v) is 6.67. The first kappa shape index (κ1) is 13.7. The number of benzene rings is 1. The lowest BCUT2D eigenvalue weighted by atomic mass is 10.0. The zero-order valence-corrected chi connectivity index (χ0v) is 11.4. The normalized spacial score (nSPS) is 12.6. The molecule has 0 amide bonds. The first-order chi connectivity index (χ1) is 9.20. The summed E-state index contributed by atoms with van der Waals surface area (Å²) in [5.74, 6) is -0.151. The third kappa shape index (κ3) is 3.64. The van der Waals surface area contributed by atoms with Gasteiger partial charge in [-0.15, -0.1) is 0 Å². The van der Waals surface area contributed by atoms with E-state index in [4.69, 9.17) is 0 Å². The van der Waals surface area contributed by atoms with Crippen LogP contribution in [0.25, 0.3) is 0 Å². The van der Waals surface area contributed by atoms with E-state index in [0.29, 0.717) is 6.42 Å².